The number of aliphatic hydroxyl groups is 2. The number of nitrogens with one attached hydrogen (secondary N) is 1. The van der Waals surface area contributed by atoms with Crippen LogP contribution in [0.25, 0.3) is 11.2 Å². The number of thioether (sulfide) groups is 1. The van der Waals surface area contributed by atoms with E-state index in [9.17, 15) is 10.2 Å². The highest BCUT2D eigenvalue weighted by Crippen LogP contribution is 2.41. The summed E-state index contributed by atoms with van der Waals surface area (Å²) in [5.41, 5.74) is 3.48. The first-order valence-electron chi connectivity index (χ1n) is 9.37. The van der Waals surface area contributed by atoms with Gasteiger partial charge in [0.15, 0.2) is 17.0 Å². The molecule has 29 heavy (non-hydrogen) atoms. The molecule has 10 heteroatoms. The van der Waals surface area contributed by atoms with E-state index < -0.39 is 12.2 Å². The molecular weight excluding hydrogens is 414 g/mol. The SMILES string of the molecule is COc1cccc2c1[C@H](Nc1nc(Cl)nc3c1ncn3[C@@H]1SC[C@@H](O)[C@H]1O)CC2. The molecule has 152 valence electrons. The number of hydrogen-bond acceptors (Lipinski definition) is 8. The number of methoxy groups -OCH3 is 1. The number of anilines is 1. The lowest BCUT2D eigenvalue weighted by Gasteiger charge is -2.19. The van der Waals surface area contributed by atoms with Crippen LogP contribution in [0.5, 0.6) is 5.75 Å². The van der Waals surface area contributed by atoms with Crippen LogP contribution in [0, 0.1) is 0 Å². The Morgan fingerprint density at radius 1 is 1.31 bits per heavy atom. The Morgan fingerprint density at radius 3 is 2.93 bits per heavy atom. The number of hydrogen-bond donors (Lipinski definition) is 3. The molecule has 4 atom stereocenters. The fourth-order valence-corrected chi connectivity index (χ4v) is 5.59. The van der Waals surface area contributed by atoms with E-state index in [4.69, 9.17) is 16.3 Å². The molecule has 1 fully saturated rings. The zero-order chi connectivity index (χ0) is 20.1. The molecule has 5 rings (SSSR count). The monoisotopic (exact) mass is 433 g/mol. The average Bonchev–Trinajstić information content (AvgIpc) is 3.40. The summed E-state index contributed by atoms with van der Waals surface area (Å²) >= 11 is 7.68. The number of imidazole rings is 1. The molecule has 3 N–H and O–H groups in total. The van der Waals surface area contributed by atoms with Crippen LogP contribution in [0.3, 0.4) is 0 Å². The van der Waals surface area contributed by atoms with E-state index in [-0.39, 0.29) is 16.7 Å². The van der Waals surface area contributed by atoms with E-state index >= 15 is 0 Å². The molecule has 0 amide bonds. The number of rotatable bonds is 4. The first-order valence-corrected chi connectivity index (χ1v) is 10.8. The van der Waals surface area contributed by atoms with Gasteiger partial charge in [-0.25, -0.2) is 4.98 Å². The van der Waals surface area contributed by atoms with Gasteiger partial charge in [0, 0.05) is 11.3 Å². The van der Waals surface area contributed by atoms with Gasteiger partial charge in [-0.1, -0.05) is 12.1 Å². The van der Waals surface area contributed by atoms with Crippen LogP contribution in [0.4, 0.5) is 5.82 Å². The van der Waals surface area contributed by atoms with Gasteiger partial charge >= 0.3 is 0 Å². The van der Waals surface area contributed by atoms with Crippen LogP contribution in [-0.2, 0) is 6.42 Å². The van der Waals surface area contributed by atoms with E-state index in [1.807, 2.05) is 12.1 Å². The first-order chi connectivity index (χ1) is 14.1. The van der Waals surface area contributed by atoms with E-state index in [0.717, 1.165) is 24.2 Å². The fourth-order valence-electron chi connectivity index (χ4n) is 4.14. The van der Waals surface area contributed by atoms with Crippen LogP contribution in [0.15, 0.2) is 24.5 Å². The van der Waals surface area contributed by atoms with Crippen molar-refractivity contribution in [2.24, 2.45) is 0 Å². The summed E-state index contributed by atoms with van der Waals surface area (Å²) in [5, 5.41) is 23.4. The molecule has 3 aromatic rings. The van der Waals surface area contributed by atoms with Crippen molar-refractivity contribution in [3.63, 3.8) is 0 Å². The Bertz CT molecular complexity index is 1080. The van der Waals surface area contributed by atoms with Crippen molar-refractivity contribution >= 4 is 40.3 Å². The van der Waals surface area contributed by atoms with Crippen molar-refractivity contribution in [2.75, 3.05) is 18.2 Å². The summed E-state index contributed by atoms with van der Waals surface area (Å²) in [6.07, 6.45) is 1.79. The lowest BCUT2D eigenvalue weighted by molar-refractivity contribution is 0.0313. The highest BCUT2D eigenvalue weighted by atomic mass is 35.5. The molecule has 2 aliphatic rings. The molecule has 0 radical (unpaired) electrons. The molecular formula is C19H20ClN5O3S. The molecule has 1 aliphatic heterocycles. The summed E-state index contributed by atoms with van der Waals surface area (Å²) in [6, 6.07) is 6.09. The number of fused-ring (bicyclic) bond motifs is 2. The Hall–Kier alpha value is -2.07. The van der Waals surface area contributed by atoms with Gasteiger partial charge in [-0.15, -0.1) is 11.8 Å². The number of nitrogens with zero attached hydrogens (tertiary/aromatic N) is 4. The number of halogens is 1. The van der Waals surface area contributed by atoms with Crippen LogP contribution < -0.4 is 10.1 Å². The van der Waals surface area contributed by atoms with Gasteiger partial charge in [0.1, 0.15) is 17.2 Å². The number of aliphatic hydroxyl groups excluding tert-OH is 2. The van der Waals surface area contributed by atoms with Crippen molar-refractivity contribution in [3.8, 4) is 5.75 Å². The lowest BCUT2D eigenvalue weighted by Crippen LogP contribution is -2.27. The van der Waals surface area contributed by atoms with Crippen molar-refractivity contribution in [1.82, 2.24) is 19.5 Å². The first kappa shape index (κ1) is 18.9. The smallest absolute Gasteiger partial charge is 0.226 e. The fraction of sp³-hybridized carbons (Fsp3) is 0.421. The quantitative estimate of drug-likeness (QED) is 0.539. The second-order valence-corrected chi connectivity index (χ2v) is 8.70. The van der Waals surface area contributed by atoms with Crippen LogP contribution in [0.2, 0.25) is 5.28 Å². The largest absolute Gasteiger partial charge is 0.496 e. The summed E-state index contributed by atoms with van der Waals surface area (Å²) in [7, 11) is 1.67. The highest BCUT2D eigenvalue weighted by molar-refractivity contribution is 7.99. The van der Waals surface area contributed by atoms with E-state index in [0.29, 0.717) is 22.7 Å². The van der Waals surface area contributed by atoms with Crippen molar-refractivity contribution in [3.05, 3.63) is 40.9 Å². The summed E-state index contributed by atoms with van der Waals surface area (Å²) < 4.78 is 7.31. The topological polar surface area (TPSA) is 105 Å². The Kier molecular flexibility index (Phi) is 4.78. The number of benzene rings is 1. The average molecular weight is 434 g/mol. The summed E-state index contributed by atoms with van der Waals surface area (Å²) in [5.74, 6) is 1.84. The van der Waals surface area contributed by atoms with Crippen molar-refractivity contribution in [2.45, 2.75) is 36.5 Å². The van der Waals surface area contributed by atoms with Crippen molar-refractivity contribution in [1.29, 1.82) is 0 Å². The molecule has 0 spiro atoms. The normalized spacial score (nSPS) is 26.1. The van der Waals surface area contributed by atoms with E-state index in [2.05, 4.69) is 26.3 Å². The van der Waals surface area contributed by atoms with Crippen LogP contribution in [0.1, 0.15) is 29.0 Å². The third-order valence-electron chi connectivity index (χ3n) is 5.53. The molecule has 1 saturated heterocycles. The van der Waals surface area contributed by atoms with Gasteiger partial charge < -0.3 is 20.3 Å². The third-order valence-corrected chi connectivity index (χ3v) is 7.08. The molecule has 2 aromatic heterocycles. The molecule has 1 aromatic carbocycles. The second kappa shape index (κ2) is 7.32. The summed E-state index contributed by atoms with van der Waals surface area (Å²) in [6.45, 7) is 0. The van der Waals surface area contributed by atoms with Gasteiger partial charge in [-0.05, 0) is 36.1 Å². The third kappa shape index (κ3) is 3.13. The van der Waals surface area contributed by atoms with Crippen molar-refractivity contribution < 1.29 is 14.9 Å². The maximum atomic E-state index is 10.3. The van der Waals surface area contributed by atoms with Gasteiger partial charge in [0.25, 0.3) is 0 Å². The second-order valence-electron chi connectivity index (χ2n) is 7.22. The van der Waals surface area contributed by atoms with Crippen LogP contribution >= 0.6 is 23.4 Å². The predicted octanol–water partition coefficient (Wildman–Crippen LogP) is 2.55. The zero-order valence-electron chi connectivity index (χ0n) is 15.6. The zero-order valence-corrected chi connectivity index (χ0v) is 17.2. The molecule has 0 bridgehead atoms. The lowest BCUT2D eigenvalue weighted by atomic mass is 10.1. The molecule has 1 aliphatic carbocycles. The minimum absolute atomic E-state index is 0.0220. The maximum Gasteiger partial charge on any atom is 0.226 e. The Morgan fingerprint density at radius 2 is 2.17 bits per heavy atom. The molecule has 0 unspecified atom stereocenters. The van der Waals surface area contributed by atoms with Gasteiger partial charge in [0.2, 0.25) is 5.28 Å². The molecule has 3 heterocycles. The summed E-state index contributed by atoms with van der Waals surface area (Å²) in [4.78, 5) is 13.2. The van der Waals surface area contributed by atoms with Gasteiger partial charge in [-0.2, -0.15) is 9.97 Å². The standard InChI is InChI=1S/C19H20ClN5O3S/c1-28-12-4-2-3-9-5-6-10(13(9)12)22-16-14-17(24-19(20)23-16)25(8-21-14)18-15(27)11(26)7-29-18/h2-4,8,10-11,15,18,26-27H,5-7H2,1H3,(H,22,23,24)/t10-,11-,15-,18-/m1/s1. The number of ether oxygens (including phenoxy) is 1. The minimum Gasteiger partial charge on any atom is -0.496 e. The minimum atomic E-state index is -0.895. The Balaban J connectivity index is 1.53. The molecule has 8 nitrogen and oxygen atoms in total. The van der Waals surface area contributed by atoms with Crippen LogP contribution in [-0.4, -0.2) is 54.8 Å². The highest BCUT2D eigenvalue weighted by Gasteiger charge is 2.37. The van der Waals surface area contributed by atoms with Gasteiger partial charge in [0.05, 0.1) is 25.6 Å². The Labute approximate surface area is 176 Å². The number of aryl methyl sites for hydroxylation is 1. The van der Waals surface area contributed by atoms with E-state index in [1.165, 1.54) is 17.3 Å². The predicted molar refractivity (Wildman–Crippen MR) is 112 cm³/mol. The van der Waals surface area contributed by atoms with E-state index in [1.54, 1.807) is 18.0 Å². The van der Waals surface area contributed by atoms with Gasteiger partial charge in [-0.3, -0.25) is 4.57 Å². The number of aromatic nitrogens is 4. The maximum absolute atomic E-state index is 10.3. The molecule has 0 saturated carbocycles.